The van der Waals surface area contributed by atoms with Crippen LogP contribution in [0.4, 0.5) is 5.69 Å². The molecule has 4 nitrogen and oxygen atoms in total. The van der Waals surface area contributed by atoms with Crippen molar-refractivity contribution in [3.8, 4) is 0 Å². The van der Waals surface area contributed by atoms with Gasteiger partial charge in [-0.25, -0.2) is 12.7 Å². The van der Waals surface area contributed by atoms with Gasteiger partial charge >= 0.3 is 0 Å². The topological polar surface area (TPSA) is 63.4 Å². The van der Waals surface area contributed by atoms with Crippen LogP contribution < -0.4 is 5.73 Å². The fourth-order valence-electron chi connectivity index (χ4n) is 2.15. The molecule has 1 aromatic rings. The van der Waals surface area contributed by atoms with E-state index in [0.717, 1.165) is 17.7 Å². The predicted octanol–water partition coefficient (Wildman–Crippen LogP) is 1.09. The first-order valence-corrected chi connectivity index (χ1v) is 7.40. The highest BCUT2D eigenvalue weighted by Gasteiger charge is 2.32. The number of sulfonamides is 1. The lowest BCUT2D eigenvalue weighted by atomic mass is 10.1. The van der Waals surface area contributed by atoms with Crippen molar-refractivity contribution < 1.29 is 8.42 Å². The second-order valence-corrected chi connectivity index (χ2v) is 6.75. The average Bonchev–Trinajstić information content (AvgIpc) is 2.51. The molecule has 2 N–H and O–H groups in total. The Balaban J connectivity index is 1.97. The number of benzene rings is 1. The third-order valence-corrected chi connectivity index (χ3v) is 5.14. The minimum absolute atomic E-state index is 0.242. The Morgan fingerprint density at radius 3 is 2.53 bits per heavy atom. The van der Waals surface area contributed by atoms with E-state index >= 15 is 0 Å². The maximum Gasteiger partial charge on any atom is 0.214 e. The van der Waals surface area contributed by atoms with Gasteiger partial charge in [-0.15, -0.1) is 0 Å². The van der Waals surface area contributed by atoms with Gasteiger partial charge in [0.25, 0.3) is 0 Å². The zero-order valence-electron chi connectivity index (χ0n) is 9.96. The normalized spacial score (nSPS) is 23.9. The molecule has 5 heteroatoms. The third kappa shape index (κ3) is 2.98. The number of nitrogens with zero attached hydrogens (tertiary/aromatic N) is 1. The molecule has 1 unspecified atom stereocenters. The van der Waals surface area contributed by atoms with Crippen LogP contribution in [0.5, 0.6) is 0 Å². The second kappa shape index (κ2) is 4.66. The molecule has 0 aromatic heterocycles. The molecule has 1 aliphatic heterocycles. The van der Waals surface area contributed by atoms with Crippen molar-refractivity contribution in [2.75, 3.05) is 24.6 Å². The Labute approximate surface area is 102 Å². The zero-order valence-corrected chi connectivity index (χ0v) is 10.8. The summed E-state index contributed by atoms with van der Waals surface area (Å²) in [5, 5.41) is 0. The van der Waals surface area contributed by atoms with E-state index < -0.39 is 10.0 Å². The molecule has 1 fully saturated rings. The smallest absolute Gasteiger partial charge is 0.214 e. The number of hydrogen-bond donors (Lipinski definition) is 1. The molecule has 94 valence electrons. The van der Waals surface area contributed by atoms with Crippen LogP contribution in [0, 0.1) is 5.92 Å². The lowest BCUT2D eigenvalue weighted by molar-refractivity contribution is 0.417. The van der Waals surface area contributed by atoms with Crippen molar-refractivity contribution in [3.63, 3.8) is 0 Å². The van der Waals surface area contributed by atoms with Gasteiger partial charge in [-0.05, 0) is 30.0 Å². The summed E-state index contributed by atoms with van der Waals surface area (Å²) in [7, 11) is -3.01. The molecule has 1 heterocycles. The molecule has 1 aliphatic rings. The van der Waals surface area contributed by atoms with Gasteiger partial charge in [-0.2, -0.15) is 0 Å². The van der Waals surface area contributed by atoms with Crippen LogP contribution in [-0.2, 0) is 16.4 Å². The van der Waals surface area contributed by atoms with Crippen LogP contribution in [0.1, 0.15) is 12.5 Å². The molecule has 0 bridgehead atoms. The van der Waals surface area contributed by atoms with Gasteiger partial charge in [-0.1, -0.05) is 19.1 Å². The minimum atomic E-state index is -3.01. The van der Waals surface area contributed by atoms with Crippen LogP contribution in [0.15, 0.2) is 24.3 Å². The van der Waals surface area contributed by atoms with Crippen molar-refractivity contribution in [2.45, 2.75) is 13.3 Å². The van der Waals surface area contributed by atoms with Crippen molar-refractivity contribution >= 4 is 15.7 Å². The molecule has 0 spiro atoms. The summed E-state index contributed by atoms with van der Waals surface area (Å²) in [6.07, 6.45) is 0.742. The molecule has 0 aliphatic carbocycles. The predicted molar refractivity (Wildman–Crippen MR) is 69.1 cm³/mol. The monoisotopic (exact) mass is 254 g/mol. The number of hydrogen-bond acceptors (Lipinski definition) is 3. The van der Waals surface area contributed by atoms with E-state index in [0.29, 0.717) is 13.1 Å². The Morgan fingerprint density at radius 2 is 2.00 bits per heavy atom. The number of anilines is 1. The highest BCUT2D eigenvalue weighted by atomic mass is 32.2. The van der Waals surface area contributed by atoms with Gasteiger partial charge < -0.3 is 5.73 Å². The maximum atomic E-state index is 11.8. The summed E-state index contributed by atoms with van der Waals surface area (Å²) < 4.78 is 25.1. The Bertz CT molecular complexity index is 482. The molecule has 1 saturated heterocycles. The molecule has 0 saturated carbocycles. The van der Waals surface area contributed by atoms with E-state index in [1.54, 1.807) is 4.31 Å². The van der Waals surface area contributed by atoms with Gasteiger partial charge in [-0.3, -0.25) is 0 Å². The van der Waals surface area contributed by atoms with E-state index in [1.807, 2.05) is 31.2 Å². The van der Waals surface area contributed by atoms with Crippen molar-refractivity contribution in [1.82, 2.24) is 4.31 Å². The first-order chi connectivity index (χ1) is 7.97. The average molecular weight is 254 g/mol. The molecule has 0 amide bonds. The number of rotatable bonds is 3. The Morgan fingerprint density at radius 1 is 1.35 bits per heavy atom. The second-order valence-electron chi connectivity index (χ2n) is 4.73. The van der Waals surface area contributed by atoms with Crippen LogP contribution >= 0.6 is 0 Å². The Kier molecular flexibility index (Phi) is 3.40. The van der Waals surface area contributed by atoms with E-state index in [4.69, 9.17) is 5.73 Å². The first kappa shape index (κ1) is 12.4. The van der Waals surface area contributed by atoms with Crippen LogP contribution in [-0.4, -0.2) is 31.6 Å². The molecule has 1 aromatic carbocycles. The van der Waals surface area contributed by atoms with Gasteiger partial charge in [0.1, 0.15) is 0 Å². The van der Waals surface area contributed by atoms with Gasteiger partial charge in [0.2, 0.25) is 10.0 Å². The van der Waals surface area contributed by atoms with Crippen LogP contribution in [0.2, 0.25) is 0 Å². The SMILES string of the molecule is CC1CN(CCc2ccc(N)cc2)S(=O)(=O)C1. The van der Waals surface area contributed by atoms with Gasteiger partial charge in [0.05, 0.1) is 5.75 Å². The van der Waals surface area contributed by atoms with Crippen LogP contribution in [0.3, 0.4) is 0 Å². The Hall–Kier alpha value is -1.07. The van der Waals surface area contributed by atoms with E-state index in [-0.39, 0.29) is 11.7 Å². The standard InChI is InChI=1S/C12H18N2O2S/c1-10-8-14(17(15,16)9-10)7-6-11-2-4-12(13)5-3-11/h2-5,10H,6-9,13H2,1H3. The largest absolute Gasteiger partial charge is 0.399 e. The van der Waals surface area contributed by atoms with Gasteiger partial charge in [0.15, 0.2) is 0 Å². The minimum Gasteiger partial charge on any atom is -0.399 e. The van der Waals surface area contributed by atoms with Crippen molar-refractivity contribution in [1.29, 1.82) is 0 Å². The van der Waals surface area contributed by atoms with Crippen molar-refractivity contribution in [3.05, 3.63) is 29.8 Å². The summed E-state index contributed by atoms with van der Waals surface area (Å²) in [4.78, 5) is 0. The first-order valence-electron chi connectivity index (χ1n) is 5.79. The van der Waals surface area contributed by atoms with Gasteiger partial charge in [0, 0.05) is 18.8 Å². The molecular formula is C12H18N2O2S. The van der Waals surface area contributed by atoms with Crippen molar-refractivity contribution in [2.24, 2.45) is 5.92 Å². The third-order valence-electron chi connectivity index (χ3n) is 3.03. The molecule has 2 rings (SSSR count). The maximum absolute atomic E-state index is 11.8. The lowest BCUT2D eigenvalue weighted by Gasteiger charge is -2.14. The summed E-state index contributed by atoms with van der Waals surface area (Å²) in [6, 6.07) is 7.58. The summed E-state index contributed by atoms with van der Waals surface area (Å²) in [5.41, 5.74) is 7.45. The van der Waals surface area contributed by atoms with E-state index in [1.165, 1.54) is 0 Å². The summed E-state index contributed by atoms with van der Waals surface area (Å²) in [5.74, 6) is 0.528. The highest BCUT2D eigenvalue weighted by molar-refractivity contribution is 7.89. The molecular weight excluding hydrogens is 236 g/mol. The fourth-order valence-corrected chi connectivity index (χ4v) is 4.03. The molecule has 17 heavy (non-hydrogen) atoms. The zero-order chi connectivity index (χ0) is 12.5. The number of nitrogens with two attached hydrogens (primary N) is 1. The highest BCUT2D eigenvalue weighted by Crippen LogP contribution is 2.19. The quantitative estimate of drug-likeness (QED) is 0.821. The fraction of sp³-hybridized carbons (Fsp3) is 0.500. The molecule has 0 radical (unpaired) electrons. The molecule has 1 atom stereocenters. The lowest BCUT2D eigenvalue weighted by Crippen LogP contribution is -2.28. The van der Waals surface area contributed by atoms with E-state index in [9.17, 15) is 8.42 Å². The summed E-state index contributed by atoms with van der Waals surface area (Å²) in [6.45, 7) is 3.19. The number of nitrogen functional groups attached to an aromatic ring is 1. The van der Waals surface area contributed by atoms with Crippen LogP contribution in [0.25, 0.3) is 0 Å². The summed E-state index contributed by atoms with van der Waals surface area (Å²) >= 11 is 0. The van der Waals surface area contributed by atoms with E-state index in [2.05, 4.69) is 0 Å².